The van der Waals surface area contributed by atoms with Crippen LogP contribution in [0.5, 0.6) is 0 Å². The zero-order chi connectivity index (χ0) is 22.1. The molecule has 5 rings (SSSR count). The number of carbonyl (C=O) groups is 3. The summed E-state index contributed by atoms with van der Waals surface area (Å²) in [6.07, 6.45) is 6.20. The van der Waals surface area contributed by atoms with Crippen molar-refractivity contribution >= 4 is 23.4 Å². The molecule has 3 aliphatic heterocycles. The van der Waals surface area contributed by atoms with Crippen LogP contribution in [0.15, 0.2) is 48.7 Å². The van der Waals surface area contributed by atoms with Gasteiger partial charge < -0.3 is 14.7 Å². The van der Waals surface area contributed by atoms with Gasteiger partial charge in [0.25, 0.3) is 5.91 Å². The number of anilines is 1. The molecule has 32 heavy (non-hydrogen) atoms. The van der Waals surface area contributed by atoms with Crippen molar-refractivity contribution in [2.24, 2.45) is 0 Å². The van der Waals surface area contributed by atoms with Crippen LogP contribution in [0.2, 0.25) is 0 Å². The highest BCUT2D eigenvalue weighted by molar-refractivity contribution is 6.02. The molecule has 166 valence electrons. The van der Waals surface area contributed by atoms with Crippen molar-refractivity contribution in [2.75, 3.05) is 24.5 Å². The van der Waals surface area contributed by atoms with Crippen LogP contribution in [0.3, 0.4) is 0 Å². The van der Waals surface area contributed by atoms with Crippen molar-refractivity contribution in [1.82, 2.24) is 14.8 Å². The first-order valence-electron chi connectivity index (χ1n) is 11.5. The average Bonchev–Trinajstić information content (AvgIpc) is 3.44. The highest BCUT2D eigenvalue weighted by atomic mass is 16.2. The third-order valence-electron chi connectivity index (χ3n) is 6.99. The van der Waals surface area contributed by atoms with E-state index in [1.807, 2.05) is 35.2 Å². The Morgan fingerprint density at radius 2 is 1.81 bits per heavy atom. The maximum absolute atomic E-state index is 13.7. The number of carbonyl (C=O) groups excluding carboxylic acids is 3. The van der Waals surface area contributed by atoms with E-state index in [0.717, 1.165) is 30.6 Å². The molecular weight excluding hydrogens is 404 g/mol. The van der Waals surface area contributed by atoms with E-state index in [1.54, 1.807) is 28.1 Å². The fourth-order valence-electron chi connectivity index (χ4n) is 5.44. The molecule has 3 saturated heterocycles. The van der Waals surface area contributed by atoms with Crippen molar-refractivity contribution in [3.63, 3.8) is 0 Å². The Labute approximate surface area is 188 Å². The molecule has 1 spiro atoms. The van der Waals surface area contributed by atoms with Crippen LogP contribution in [-0.4, -0.2) is 57.7 Å². The Bertz CT molecular complexity index is 1040. The lowest BCUT2D eigenvalue weighted by atomic mass is 9.85. The number of aromatic nitrogens is 1. The number of amides is 3. The van der Waals surface area contributed by atoms with E-state index in [0.29, 0.717) is 51.0 Å². The number of pyridine rings is 1. The Hall–Kier alpha value is -3.22. The number of likely N-dealkylation sites (tertiary alicyclic amines) is 2. The molecule has 3 fully saturated rings. The number of piperidine rings is 1. The summed E-state index contributed by atoms with van der Waals surface area (Å²) in [4.78, 5) is 49.2. The van der Waals surface area contributed by atoms with Crippen LogP contribution in [0, 0.1) is 0 Å². The molecule has 1 unspecified atom stereocenters. The molecule has 2 aromatic rings. The fraction of sp³-hybridized carbons (Fsp3) is 0.440. The number of rotatable bonds is 4. The van der Waals surface area contributed by atoms with E-state index < -0.39 is 5.54 Å². The van der Waals surface area contributed by atoms with E-state index in [-0.39, 0.29) is 17.7 Å². The van der Waals surface area contributed by atoms with Gasteiger partial charge in [-0.2, -0.15) is 0 Å². The molecule has 1 aromatic heterocycles. The van der Waals surface area contributed by atoms with Gasteiger partial charge in [0.1, 0.15) is 5.54 Å². The lowest BCUT2D eigenvalue weighted by Crippen LogP contribution is -2.61. The molecule has 0 N–H and O–H groups in total. The van der Waals surface area contributed by atoms with Crippen molar-refractivity contribution in [1.29, 1.82) is 0 Å². The molecule has 7 heteroatoms. The molecule has 0 aliphatic carbocycles. The van der Waals surface area contributed by atoms with Gasteiger partial charge in [-0.3, -0.25) is 19.4 Å². The SMILES string of the molecule is O=C1CCCN1c1cccc(C(=O)N2CCCC23CCCN(Cc2ccccn2)C3=O)c1. The van der Waals surface area contributed by atoms with Gasteiger partial charge in [-0.1, -0.05) is 12.1 Å². The summed E-state index contributed by atoms with van der Waals surface area (Å²) < 4.78 is 0. The van der Waals surface area contributed by atoms with Gasteiger partial charge in [-0.05, 0) is 62.4 Å². The summed E-state index contributed by atoms with van der Waals surface area (Å²) in [5.74, 6) is 0.00928. The van der Waals surface area contributed by atoms with Gasteiger partial charge >= 0.3 is 0 Å². The zero-order valence-electron chi connectivity index (χ0n) is 18.2. The normalized spacial score (nSPS) is 23.4. The summed E-state index contributed by atoms with van der Waals surface area (Å²) in [7, 11) is 0. The summed E-state index contributed by atoms with van der Waals surface area (Å²) in [5, 5.41) is 0. The minimum absolute atomic E-state index is 0.0335. The molecule has 4 heterocycles. The predicted molar refractivity (Wildman–Crippen MR) is 120 cm³/mol. The van der Waals surface area contributed by atoms with Gasteiger partial charge in [-0.25, -0.2) is 0 Å². The largest absolute Gasteiger partial charge is 0.335 e. The van der Waals surface area contributed by atoms with Crippen molar-refractivity contribution in [3.05, 3.63) is 59.9 Å². The van der Waals surface area contributed by atoms with Gasteiger partial charge in [0.15, 0.2) is 0 Å². The lowest BCUT2D eigenvalue weighted by molar-refractivity contribution is -0.146. The lowest BCUT2D eigenvalue weighted by Gasteiger charge is -2.44. The first kappa shape index (κ1) is 20.7. The monoisotopic (exact) mass is 432 g/mol. The molecule has 3 amide bonds. The fourth-order valence-corrected chi connectivity index (χ4v) is 5.44. The Morgan fingerprint density at radius 3 is 2.56 bits per heavy atom. The van der Waals surface area contributed by atoms with Gasteiger partial charge in [0, 0.05) is 43.5 Å². The molecule has 1 aromatic carbocycles. The maximum atomic E-state index is 13.7. The van der Waals surface area contributed by atoms with Crippen LogP contribution in [0.1, 0.15) is 54.6 Å². The van der Waals surface area contributed by atoms with E-state index in [2.05, 4.69) is 4.98 Å². The molecule has 0 saturated carbocycles. The minimum Gasteiger partial charge on any atom is -0.335 e. The minimum atomic E-state index is -0.774. The molecule has 1 atom stereocenters. The Balaban J connectivity index is 1.39. The first-order chi connectivity index (χ1) is 15.6. The summed E-state index contributed by atoms with van der Waals surface area (Å²) >= 11 is 0. The summed E-state index contributed by atoms with van der Waals surface area (Å²) in [5.41, 5.74) is 1.39. The van der Waals surface area contributed by atoms with Crippen molar-refractivity contribution < 1.29 is 14.4 Å². The predicted octanol–water partition coefficient (Wildman–Crippen LogP) is 3.01. The topological polar surface area (TPSA) is 73.8 Å². The zero-order valence-corrected chi connectivity index (χ0v) is 18.2. The van der Waals surface area contributed by atoms with Gasteiger partial charge in [0.05, 0.1) is 12.2 Å². The molecule has 0 radical (unpaired) electrons. The summed E-state index contributed by atoms with van der Waals surface area (Å²) in [6.45, 7) is 2.42. The Kier molecular flexibility index (Phi) is 5.41. The number of nitrogens with zero attached hydrogens (tertiary/aromatic N) is 4. The van der Waals surface area contributed by atoms with Gasteiger partial charge in [-0.15, -0.1) is 0 Å². The molecule has 7 nitrogen and oxygen atoms in total. The standard InChI is InChI=1S/C25H28N4O3/c30-22-10-4-15-28(22)21-9-3-7-19(17-21)23(31)29-16-6-12-25(29)11-5-14-27(24(25)32)18-20-8-1-2-13-26-20/h1-3,7-9,13,17H,4-6,10-12,14-16,18H2. The third kappa shape index (κ3) is 3.55. The van der Waals surface area contributed by atoms with Crippen molar-refractivity contribution in [2.45, 2.75) is 50.6 Å². The van der Waals surface area contributed by atoms with Crippen LogP contribution in [0.4, 0.5) is 5.69 Å². The maximum Gasteiger partial charge on any atom is 0.254 e. The summed E-state index contributed by atoms with van der Waals surface area (Å²) in [6, 6.07) is 13.0. The third-order valence-corrected chi connectivity index (χ3v) is 6.99. The van der Waals surface area contributed by atoms with E-state index in [9.17, 15) is 14.4 Å². The number of benzene rings is 1. The van der Waals surface area contributed by atoms with E-state index >= 15 is 0 Å². The molecular formula is C25H28N4O3. The number of hydrogen-bond acceptors (Lipinski definition) is 4. The van der Waals surface area contributed by atoms with Crippen LogP contribution in [0.25, 0.3) is 0 Å². The van der Waals surface area contributed by atoms with E-state index in [4.69, 9.17) is 0 Å². The first-order valence-corrected chi connectivity index (χ1v) is 11.5. The van der Waals surface area contributed by atoms with Crippen LogP contribution in [-0.2, 0) is 16.1 Å². The average molecular weight is 433 g/mol. The van der Waals surface area contributed by atoms with Crippen LogP contribution < -0.4 is 4.90 Å². The Morgan fingerprint density at radius 1 is 0.969 bits per heavy atom. The smallest absolute Gasteiger partial charge is 0.254 e. The second-order valence-electron chi connectivity index (χ2n) is 8.94. The highest BCUT2D eigenvalue weighted by Crippen LogP contribution is 2.39. The van der Waals surface area contributed by atoms with Crippen molar-refractivity contribution in [3.8, 4) is 0 Å². The second kappa shape index (κ2) is 8.37. The second-order valence-corrected chi connectivity index (χ2v) is 8.94. The van der Waals surface area contributed by atoms with E-state index in [1.165, 1.54) is 0 Å². The molecule has 3 aliphatic rings. The van der Waals surface area contributed by atoms with Gasteiger partial charge in [0.2, 0.25) is 11.8 Å². The highest BCUT2D eigenvalue weighted by Gasteiger charge is 2.52. The van der Waals surface area contributed by atoms with Crippen LogP contribution >= 0.6 is 0 Å². The quantitative estimate of drug-likeness (QED) is 0.745. The number of hydrogen-bond donors (Lipinski definition) is 0. The molecule has 0 bridgehead atoms.